The number of carbonyl (C=O) groups is 2. The lowest BCUT2D eigenvalue weighted by Gasteiger charge is -2.18. The summed E-state index contributed by atoms with van der Waals surface area (Å²) in [4.78, 5) is 22.5. The average molecular weight is 300 g/mol. The molecule has 0 saturated heterocycles. The van der Waals surface area contributed by atoms with Crippen LogP contribution in [-0.2, 0) is 11.2 Å². The minimum atomic E-state index is -1.12. The van der Waals surface area contributed by atoms with E-state index in [1.54, 1.807) is 13.8 Å². The molecule has 0 heterocycles. The van der Waals surface area contributed by atoms with Crippen LogP contribution in [0.25, 0.3) is 0 Å². The fraction of sp³-hybridized carbons (Fsp3) is 0.429. The molecule has 0 aliphatic carbocycles. The van der Waals surface area contributed by atoms with Crippen molar-refractivity contribution in [2.75, 3.05) is 6.54 Å². The van der Waals surface area contributed by atoms with Gasteiger partial charge in [0.05, 0.1) is 0 Å². The van der Waals surface area contributed by atoms with Gasteiger partial charge < -0.3 is 15.7 Å². The van der Waals surface area contributed by atoms with Crippen LogP contribution < -0.4 is 10.6 Å². The zero-order chi connectivity index (χ0) is 16.0. The van der Waals surface area contributed by atoms with Gasteiger partial charge in [-0.05, 0) is 30.0 Å². The summed E-state index contributed by atoms with van der Waals surface area (Å²) in [7, 11) is 0. The highest BCUT2D eigenvalue weighted by Crippen LogP contribution is 2.08. The summed E-state index contributed by atoms with van der Waals surface area (Å²) >= 11 is 0. The molecule has 2 amide bonds. The normalized spacial score (nSPS) is 12.0. The fourth-order valence-corrected chi connectivity index (χ4v) is 1.78. The first kappa shape index (κ1) is 16.9. The summed E-state index contributed by atoms with van der Waals surface area (Å²) < 4.78 is 25.9. The van der Waals surface area contributed by atoms with E-state index in [2.05, 4.69) is 10.6 Å². The van der Waals surface area contributed by atoms with E-state index in [1.807, 2.05) is 0 Å². The van der Waals surface area contributed by atoms with Gasteiger partial charge in [0.1, 0.15) is 17.7 Å². The van der Waals surface area contributed by atoms with Crippen LogP contribution in [0.4, 0.5) is 13.6 Å². The highest BCUT2D eigenvalue weighted by molar-refractivity contribution is 5.82. The second kappa shape index (κ2) is 7.56. The van der Waals surface area contributed by atoms with Gasteiger partial charge in [-0.3, -0.25) is 0 Å². The van der Waals surface area contributed by atoms with E-state index < -0.39 is 29.7 Å². The Labute approximate surface area is 121 Å². The first-order valence-electron chi connectivity index (χ1n) is 6.51. The van der Waals surface area contributed by atoms with Crippen molar-refractivity contribution in [3.63, 3.8) is 0 Å². The van der Waals surface area contributed by atoms with Gasteiger partial charge in [0.2, 0.25) is 0 Å². The summed E-state index contributed by atoms with van der Waals surface area (Å²) in [6.07, 6.45) is 0.238. The van der Waals surface area contributed by atoms with Crippen LogP contribution >= 0.6 is 0 Å². The highest BCUT2D eigenvalue weighted by Gasteiger charge is 2.23. The SMILES string of the molecule is CC(C)C(NC(=O)NCCc1cc(F)cc(F)c1)C(=O)O. The van der Waals surface area contributed by atoms with Gasteiger partial charge in [-0.25, -0.2) is 18.4 Å². The van der Waals surface area contributed by atoms with Crippen LogP contribution in [0.2, 0.25) is 0 Å². The third-order valence-electron chi connectivity index (χ3n) is 2.84. The molecule has 1 aromatic carbocycles. The lowest BCUT2D eigenvalue weighted by atomic mass is 10.1. The Morgan fingerprint density at radius 3 is 2.24 bits per heavy atom. The van der Waals surface area contributed by atoms with E-state index in [0.29, 0.717) is 5.56 Å². The molecule has 0 spiro atoms. The molecule has 1 unspecified atom stereocenters. The maximum absolute atomic E-state index is 13.0. The second-order valence-corrected chi connectivity index (χ2v) is 4.99. The van der Waals surface area contributed by atoms with Crippen molar-refractivity contribution in [1.82, 2.24) is 10.6 Å². The third-order valence-corrected chi connectivity index (χ3v) is 2.84. The van der Waals surface area contributed by atoms with E-state index in [9.17, 15) is 18.4 Å². The molecule has 1 atom stereocenters. The second-order valence-electron chi connectivity index (χ2n) is 4.99. The van der Waals surface area contributed by atoms with Gasteiger partial charge >= 0.3 is 12.0 Å². The lowest BCUT2D eigenvalue weighted by molar-refractivity contribution is -0.140. The molecule has 7 heteroatoms. The Hall–Kier alpha value is -2.18. The van der Waals surface area contributed by atoms with Gasteiger partial charge in [-0.2, -0.15) is 0 Å². The van der Waals surface area contributed by atoms with Crippen molar-refractivity contribution in [3.8, 4) is 0 Å². The third kappa shape index (κ3) is 5.76. The Kier molecular flexibility index (Phi) is 6.08. The Morgan fingerprint density at radius 2 is 1.76 bits per heavy atom. The lowest BCUT2D eigenvalue weighted by Crippen LogP contribution is -2.48. The van der Waals surface area contributed by atoms with Crippen molar-refractivity contribution >= 4 is 12.0 Å². The molecule has 0 saturated carbocycles. The van der Waals surface area contributed by atoms with E-state index in [1.165, 1.54) is 12.1 Å². The average Bonchev–Trinajstić information content (AvgIpc) is 2.34. The number of urea groups is 1. The van der Waals surface area contributed by atoms with Gasteiger partial charge in [0.25, 0.3) is 0 Å². The van der Waals surface area contributed by atoms with E-state index >= 15 is 0 Å². The van der Waals surface area contributed by atoms with Crippen molar-refractivity contribution in [2.45, 2.75) is 26.3 Å². The van der Waals surface area contributed by atoms with Crippen molar-refractivity contribution in [1.29, 1.82) is 0 Å². The molecule has 0 fully saturated rings. The van der Waals surface area contributed by atoms with Crippen LogP contribution in [0.15, 0.2) is 18.2 Å². The maximum atomic E-state index is 13.0. The van der Waals surface area contributed by atoms with Crippen molar-refractivity contribution in [2.24, 2.45) is 5.92 Å². The number of benzene rings is 1. The minimum Gasteiger partial charge on any atom is -0.480 e. The fourth-order valence-electron chi connectivity index (χ4n) is 1.78. The van der Waals surface area contributed by atoms with Crippen LogP contribution in [0.5, 0.6) is 0 Å². The first-order valence-corrected chi connectivity index (χ1v) is 6.51. The summed E-state index contributed by atoms with van der Waals surface area (Å²) in [6.45, 7) is 3.49. The first-order chi connectivity index (χ1) is 9.79. The summed E-state index contributed by atoms with van der Waals surface area (Å²) in [6, 6.07) is 1.50. The molecule has 0 bridgehead atoms. The Balaban J connectivity index is 2.44. The zero-order valence-electron chi connectivity index (χ0n) is 11.8. The summed E-state index contributed by atoms with van der Waals surface area (Å²) in [5.74, 6) is -2.74. The number of carboxylic acid groups (broad SMARTS) is 1. The maximum Gasteiger partial charge on any atom is 0.326 e. The number of rotatable bonds is 6. The van der Waals surface area contributed by atoms with E-state index in [4.69, 9.17) is 5.11 Å². The molecular formula is C14H18F2N2O3. The summed E-state index contributed by atoms with van der Waals surface area (Å²) in [5, 5.41) is 13.7. The standard InChI is InChI=1S/C14H18F2N2O3/c1-8(2)12(13(19)20)18-14(21)17-4-3-9-5-10(15)7-11(16)6-9/h5-8,12H,3-4H2,1-2H3,(H,19,20)(H2,17,18,21). The van der Waals surface area contributed by atoms with Gasteiger partial charge in [0.15, 0.2) is 0 Å². The zero-order valence-corrected chi connectivity index (χ0v) is 11.8. The Bertz CT molecular complexity index is 501. The molecule has 3 N–H and O–H groups in total. The van der Waals surface area contributed by atoms with Crippen LogP contribution in [0.3, 0.4) is 0 Å². The molecule has 1 aromatic rings. The monoisotopic (exact) mass is 300 g/mol. The van der Waals surface area contributed by atoms with E-state index in [0.717, 1.165) is 6.07 Å². The molecule has 0 aliphatic heterocycles. The molecule has 0 aliphatic rings. The largest absolute Gasteiger partial charge is 0.480 e. The molecular weight excluding hydrogens is 282 g/mol. The van der Waals surface area contributed by atoms with Gasteiger partial charge in [-0.15, -0.1) is 0 Å². The number of carboxylic acids is 1. The number of nitrogens with one attached hydrogen (secondary N) is 2. The van der Waals surface area contributed by atoms with Crippen molar-refractivity contribution < 1.29 is 23.5 Å². The quantitative estimate of drug-likeness (QED) is 0.751. The molecule has 21 heavy (non-hydrogen) atoms. The number of amides is 2. The number of hydrogen-bond acceptors (Lipinski definition) is 2. The highest BCUT2D eigenvalue weighted by atomic mass is 19.1. The minimum absolute atomic E-state index is 0.138. The van der Waals surface area contributed by atoms with Gasteiger partial charge in [-0.1, -0.05) is 13.8 Å². The molecule has 0 radical (unpaired) electrons. The Morgan fingerprint density at radius 1 is 1.19 bits per heavy atom. The summed E-state index contributed by atoms with van der Waals surface area (Å²) in [5.41, 5.74) is 0.409. The smallest absolute Gasteiger partial charge is 0.326 e. The van der Waals surface area contributed by atoms with Crippen LogP contribution in [0, 0.1) is 17.6 Å². The molecule has 116 valence electrons. The predicted molar refractivity (Wildman–Crippen MR) is 72.9 cm³/mol. The number of halogens is 2. The predicted octanol–water partition coefficient (Wildman–Crippen LogP) is 1.92. The topological polar surface area (TPSA) is 78.4 Å². The molecule has 5 nitrogen and oxygen atoms in total. The number of carbonyl (C=O) groups excluding carboxylic acids is 1. The van der Waals surface area contributed by atoms with E-state index in [-0.39, 0.29) is 18.9 Å². The van der Waals surface area contributed by atoms with Crippen molar-refractivity contribution in [3.05, 3.63) is 35.4 Å². The number of hydrogen-bond donors (Lipinski definition) is 3. The van der Waals surface area contributed by atoms with Gasteiger partial charge in [0, 0.05) is 12.6 Å². The van der Waals surface area contributed by atoms with Crippen LogP contribution in [-0.4, -0.2) is 29.7 Å². The van der Waals surface area contributed by atoms with Crippen LogP contribution in [0.1, 0.15) is 19.4 Å². The molecule has 0 aromatic heterocycles. The number of aliphatic carboxylic acids is 1. The molecule has 1 rings (SSSR count).